The van der Waals surface area contributed by atoms with Crippen LogP contribution in [0.4, 0.5) is 0 Å². The standard InChI is InChI=1S/C18H22N4O2S/c1-5-10-22-16(24)13-8-6-7-9-14(13)20-17(22)25-11-15(23)21(4)18(2,3)12-19/h6-9H,5,10-11H2,1-4H3. The highest BCUT2D eigenvalue weighted by Gasteiger charge is 2.27. The molecule has 1 amide bonds. The van der Waals surface area contributed by atoms with Crippen LogP contribution in [0.15, 0.2) is 34.2 Å². The van der Waals surface area contributed by atoms with Gasteiger partial charge in [-0.2, -0.15) is 5.26 Å². The van der Waals surface area contributed by atoms with E-state index in [9.17, 15) is 9.59 Å². The molecule has 0 radical (unpaired) electrons. The highest BCUT2D eigenvalue weighted by Crippen LogP contribution is 2.20. The number of aromatic nitrogens is 2. The van der Waals surface area contributed by atoms with Crippen LogP contribution >= 0.6 is 11.8 Å². The summed E-state index contributed by atoms with van der Waals surface area (Å²) in [5, 5.41) is 10.3. The molecular weight excluding hydrogens is 336 g/mol. The van der Waals surface area contributed by atoms with E-state index in [2.05, 4.69) is 11.1 Å². The SMILES string of the molecule is CCCn1c(SCC(=O)N(C)C(C)(C)C#N)nc2ccccc2c1=O. The number of nitrogens with zero attached hydrogens (tertiary/aromatic N) is 4. The van der Waals surface area contributed by atoms with E-state index < -0.39 is 5.54 Å². The van der Waals surface area contributed by atoms with Crippen molar-refractivity contribution in [3.63, 3.8) is 0 Å². The van der Waals surface area contributed by atoms with Gasteiger partial charge in [-0.3, -0.25) is 14.2 Å². The number of fused-ring (bicyclic) bond motifs is 1. The van der Waals surface area contributed by atoms with Crippen LogP contribution in [0.1, 0.15) is 27.2 Å². The number of amides is 1. The molecule has 0 fully saturated rings. The van der Waals surface area contributed by atoms with Gasteiger partial charge in [-0.15, -0.1) is 0 Å². The minimum Gasteiger partial charge on any atom is -0.327 e. The zero-order chi connectivity index (χ0) is 18.6. The molecule has 2 rings (SSSR count). The number of benzene rings is 1. The lowest BCUT2D eigenvalue weighted by atomic mass is 10.1. The van der Waals surface area contributed by atoms with E-state index in [0.29, 0.717) is 22.6 Å². The van der Waals surface area contributed by atoms with Crippen molar-refractivity contribution in [2.75, 3.05) is 12.8 Å². The molecule has 0 N–H and O–H groups in total. The average molecular weight is 358 g/mol. The second kappa shape index (κ2) is 7.70. The maximum absolute atomic E-state index is 12.7. The van der Waals surface area contributed by atoms with Gasteiger partial charge >= 0.3 is 0 Å². The number of nitriles is 1. The second-order valence-electron chi connectivity index (χ2n) is 6.28. The van der Waals surface area contributed by atoms with E-state index in [-0.39, 0.29) is 17.2 Å². The predicted octanol–water partition coefficient (Wildman–Crippen LogP) is 2.66. The van der Waals surface area contributed by atoms with Gasteiger partial charge in [-0.1, -0.05) is 30.8 Å². The van der Waals surface area contributed by atoms with Crippen LogP contribution in [0.2, 0.25) is 0 Å². The van der Waals surface area contributed by atoms with E-state index in [1.807, 2.05) is 19.1 Å². The number of hydrogen-bond acceptors (Lipinski definition) is 5. The highest BCUT2D eigenvalue weighted by molar-refractivity contribution is 7.99. The summed E-state index contributed by atoms with van der Waals surface area (Å²) >= 11 is 1.23. The lowest BCUT2D eigenvalue weighted by molar-refractivity contribution is -0.130. The summed E-state index contributed by atoms with van der Waals surface area (Å²) in [6.45, 7) is 5.92. The van der Waals surface area contributed by atoms with Crippen LogP contribution in [0.3, 0.4) is 0 Å². The average Bonchev–Trinajstić information content (AvgIpc) is 2.61. The van der Waals surface area contributed by atoms with E-state index in [1.54, 1.807) is 37.6 Å². The van der Waals surface area contributed by atoms with Crippen molar-refractivity contribution in [1.82, 2.24) is 14.5 Å². The van der Waals surface area contributed by atoms with Crippen molar-refractivity contribution in [2.45, 2.75) is 44.4 Å². The van der Waals surface area contributed by atoms with Gasteiger partial charge < -0.3 is 4.90 Å². The fraction of sp³-hybridized carbons (Fsp3) is 0.444. The van der Waals surface area contributed by atoms with Gasteiger partial charge in [0.05, 0.1) is 22.7 Å². The fourth-order valence-electron chi connectivity index (χ4n) is 2.29. The quantitative estimate of drug-likeness (QED) is 0.586. The molecule has 0 spiro atoms. The molecule has 1 heterocycles. The Morgan fingerprint density at radius 2 is 2.08 bits per heavy atom. The number of para-hydroxylation sites is 1. The lowest BCUT2D eigenvalue weighted by Gasteiger charge is -2.29. The summed E-state index contributed by atoms with van der Waals surface area (Å²) in [5.74, 6) is -0.0576. The summed E-state index contributed by atoms with van der Waals surface area (Å²) in [7, 11) is 1.61. The fourth-order valence-corrected chi connectivity index (χ4v) is 3.23. The number of thioether (sulfide) groups is 1. The number of rotatable bonds is 6. The molecule has 1 aromatic carbocycles. The zero-order valence-corrected chi connectivity index (χ0v) is 15.8. The van der Waals surface area contributed by atoms with Crippen LogP contribution in [0, 0.1) is 11.3 Å². The van der Waals surface area contributed by atoms with Gasteiger partial charge in [-0.05, 0) is 32.4 Å². The molecule has 0 bridgehead atoms. The third kappa shape index (κ3) is 4.02. The molecule has 0 saturated heterocycles. The van der Waals surface area contributed by atoms with Crippen LogP contribution in [-0.4, -0.2) is 38.7 Å². The summed E-state index contributed by atoms with van der Waals surface area (Å²) in [4.78, 5) is 31.1. The van der Waals surface area contributed by atoms with Crippen molar-refractivity contribution in [3.8, 4) is 6.07 Å². The first-order valence-corrected chi connectivity index (χ1v) is 9.10. The smallest absolute Gasteiger partial charge is 0.262 e. The van der Waals surface area contributed by atoms with Gasteiger partial charge in [0.1, 0.15) is 5.54 Å². The minimum atomic E-state index is -0.877. The predicted molar refractivity (Wildman–Crippen MR) is 99.5 cm³/mol. The van der Waals surface area contributed by atoms with Gasteiger partial charge in [0.15, 0.2) is 5.16 Å². The summed E-state index contributed by atoms with van der Waals surface area (Å²) in [5.41, 5.74) is -0.342. The normalized spacial score (nSPS) is 11.3. The van der Waals surface area contributed by atoms with Crippen LogP contribution in [0.5, 0.6) is 0 Å². The molecule has 132 valence electrons. The Balaban J connectivity index is 2.32. The van der Waals surface area contributed by atoms with Gasteiger partial charge in [0, 0.05) is 13.6 Å². The number of hydrogen-bond donors (Lipinski definition) is 0. The van der Waals surface area contributed by atoms with Crippen LogP contribution in [-0.2, 0) is 11.3 Å². The molecule has 1 aromatic heterocycles. The first-order valence-electron chi connectivity index (χ1n) is 8.12. The van der Waals surface area contributed by atoms with Crippen molar-refractivity contribution >= 4 is 28.6 Å². The van der Waals surface area contributed by atoms with Gasteiger partial charge in [0.2, 0.25) is 5.91 Å². The first-order chi connectivity index (χ1) is 11.8. The van der Waals surface area contributed by atoms with E-state index >= 15 is 0 Å². The Kier molecular flexibility index (Phi) is 5.85. The Morgan fingerprint density at radius 3 is 2.72 bits per heavy atom. The maximum Gasteiger partial charge on any atom is 0.262 e. The van der Waals surface area contributed by atoms with Crippen LogP contribution < -0.4 is 5.56 Å². The monoisotopic (exact) mass is 358 g/mol. The molecule has 2 aromatic rings. The third-order valence-electron chi connectivity index (χ3n) is 4.08. The Hall–Kier alpha value is -2.33. The topological polar surface area (TPSA) is 79.0 Å². The second-order valence-corrected chi connectivity index (χ2v) is 7.22. The summed E-state index contributed by atoms with van der Waals surface area (Å²) < 4.78 is 1.62. The number of carbonyl (C=O) groups excluding carboxylic acids is 1. The molecule has 25 heavy (non-hydrogen) atoms. The molecule has 0 aliphatic carbocycles. The van der Waals surface area contributed by atoms with Crippen molar-refractivity contribution in [3.05, 3.63) is 34.6 Å². The van der Waals surface area contributed by atoms with Crippen molar-refractivity contribution < 1.29 is 4.79 Å². The molecule has 0 unspecified atom stereocenters. The van der Waals surface area contributed by atoms with E-state index in [4.69, 9.17) is 5.26 Å². The summed E-state index contributed by atoms with van der Waals surface area (Å²) in [6.07, 6.45) is 0.794. The third-order valence-corrected chi connectivity index (χ3v) is 5.05. The van der Waals surface area contributed by atoms with E-state index in [1.165, 1.54) is 16.7 Å². The molecule has 0 aliphatic heterocycles. The molecule has 0 aliphatic rings. The minimum absolute atomic E-state index is 0.0897. The molecule has 0 saturated carbocycles. The molecule has 6 nitrogen and oxygen atoms in total. The zero-order valence-electron chi connectivity index (χ0n) is 14.9. The molecule has 7 heteroatoms. The van der Waals surface area contributed by atoms with Crippen LogP contribution in [0.25, 0.3) is 10.9 Å². The maximum atomic E-state index is 12.7. The molecular formula is C18H22N4O2S. The summed E-state index contributed by atoms with van der Waals surface area (Å²) in [6, 6.07) is 9.32. The van der Waals surface area contributed by atoms with E-state index in [0.717, 1.165) is 6.42 Å². The van der Waals surface area contributed by atoms with Gasteiger partial charge in [-0.25, -0.2) is 4.98 Å². The first kappa shape index (κ1) is 19.0. The van der Waals surface area contributed by atoms with Crippen molar-refractivity contribution in [2.24, 2.45) is 0 Å². The van der Waals surface area contributed by atoms with Gasteiger partial charge in [0.25, 0.3) is 5.56 Å². The van der Waals surface area contributed by atoms with Crippen molar-refractivity contribution in [1.29, 1.82) is 5.26 Å². The number of carbonyl (C=O) groups is 1. The largest absolute Gasteiger partial charge is 0.327 e. The highest BCUT2D eigenvalue weighted by atomic mass is 32.2. The Morgan fingerprint density at radius 1 is 1.40 bits per heavy atom. The molecule has 0 atom stereocenters. The Bertz CT molecular complexity index is 883. The Labute approximate surface area is 151 Å². The lowest BCUT2D eigenvalue weighted by Crippen LogP contribution is -2.44.